The van der Waals surface area contributed by atoms with Gasteiger partial charge in [-0.2, -0.15) is 0 Å². The number of alkyl halides is 1. The third-order valence-electron chi connectivity index (χ3n) is 2.34. The van der Waals surface area contributed by atoms with Crippen LogP contribution in [0.25, 0.3) is 0 Å². The van der Waals surface area contributed by atoms with Gasteiger partial charge in [-0.3, -0.25) is 14.5 Å². The van der Waals surface area contributed by atoms with Gasteiger partial charge in [0.25, 0.3) is 5.69 Å². The van der Waals surface area contributed by atoms with E-state index in [-0.39, 0.29) is 5.69 Å². The molecule has 0 N–H and O–H groups in total. The number of halogens is 1. The van der Waals surface area contributed by atoms with E-state index in [2.05, 4.69) is 0 Å². The number of hydrogen-bond acceptors (Lipinski definition) is 2. The number of hydrogen-bond donors (Lipinski definition) is 0. The average Bonchev–Trinajstić information content (AvgIpc) is 2.26. The molecule has 0 unspecified atom stereocenters. The first-order chi connectivity index (χ1) is 7.11. The van der Waals surface area contributed by atoms with Gasteiger partial charge >= 0.3 is 0 Å². The molecule has 81 valence electrons. The van der Waals surface area contributed by atoms with Crippen molar-refractivity contribution in [3.63, 3.8) is 0 Å². The Bertz CT molecular complexity index is 366. The van der Waals surface area contributed by atoms with Crippen molar-refractivity contribution in [2.24, 2.45) is 0 Å². The number of nitro benzene ring substituents is 1. The van der Waals surface area contributed by atoms with Crippen LogP contribution in [-0.4, -0.2) is 11.6 Å². The Morgan fingerprint density at radius 3 is 2.67 bits per heavy atom. The fourth-order valence-corrected chi connectivity index (χ4v) is 1.51. The normalized spacial score (nSPS) is 10.7. The molecule has 0 bridgehead atoms. The molecular formula is C11H13FNO2. The minimum absolute atomic E-state index is 0.0372. The van der Waals surface area contributed by atoms with Crippen molar-refractivity contribution in [1.29, 1.82) is 0 Å². The Hall–Kier alpha value is -1.45. The topological polar surface area (TPSA) is 43.1 Å². The third kappa shape index (κ3) is 2.32. The molecule has 1 radical (unpaired) electrons. The monoisotopic (exact) mass is 210 g/mol. The van der Waals surface area contributed by atoms with Gasteiger partial charge in [-0.05, 0) is 6.42 Å². The summed E-state index contributed by atoms with van der Waals surface area (Å²) in [6, 6.07) is 5.01. The Kier molecular flexibility index (Phi) is 3.77. The van der Waals surface area contributed by atoms with Gasteiger partial charge < -0.3 is 0 Å². The predicted octanol–water partition coefficient (Wildman–Crippen LogP) is 3.07. The molecule has 0 aliphatic rings. The largest absolute Gasteiger partial charge is 0.276 e. The smallest absolute Gasteiger partial charge is 0.258 e. The molecular weight excluding hydrogens is 197 g/mol. The molecule has 1 rings (SSSR count). The van der Waals surface area contributed by atoms with Crippen LogP contribution >= 0.6 is 0 Å². The van der Waals surface area contributed by atoms with Crippen LogP contribution in [0.3, 0.4) is 0 Å². The fourth-order valence-electron chi connectivity index (χ4n) is 1.51. The van der Waals surface area contributed by atoms with Gasteiger partial charge in [-0.25, -0.2) is 0 Å². The van der Waals surface area contributed by atoms with Crippen LogP contribution in [-0.2, 0) is 6.42 Å². The quantitative estimate of drug-likeness (QED) is 0.566. The van der Waals surface area contributed by atoms with Crippen LogP contribution in [0, 0.1) is 16.0 Å². The van der Waals surface area contributed by atoms with Crippen molar-refractivity contribution in [2.45, 2.75) is 20.3 Å². The van der Waals surface area contributed by atoms with E-state index in [9.17, 15) is 14.5 Å². The Morgan fingerprint density at radius 1 is 1.53 bits per heavy atom. The lowest BCUT2D eigenvalue weighted by Crippen LogP contribution is -2.04. The zero-order valence-corrected chi connectivity index (χ0v) is 8.79. The molecule has 0 fully saturated rings. The number of rotatable bonds is 4. The van der Waals surface area contributed by atoms with Crippen molar-refractivity contribution in [2.75, 3.05) is 6.67 Å². The highest BCUT2D eigenvalue weighted by Crippen LogP contribution is 2.29. The first-order valence-corrected chi connectivity index (χ1v) is 4.76. The predicted molar refractivity (Wildman–Crippen MR) is 56.5 cm³/mol. The molecule has 0 saturated carbocycles. The molecule has 0 spiro atoms. The molecule has 15 heavy (non-hydrogen) atoms. The minimum Gasteiger partial charge on any atom is -0.258 e. The van der Waals surface area contributed by atoms with E-state index in [0.717, 1.165) is 0 Å². The maximum absolute atomic E-state index is 12.5. The first kappa shape index (κ1) is 11.6. The summed E-state index contributed by atoms with van der Waals surface area (Å²) in [5, 5.41) is 10.9. The summed E-state index contributed by atoms with van der Waals surface area (Å²) in [4.78, 5) is 10.5. The van der Waals surface area contributed by atoms with E-state index >= 15 is 0 Å². The number of nitro groups is 1. The van der Waals surface area contributed by atoms with E-state index in [1.807, 2.05) is 6.92 Å². The second-order valence-electron chi connectivity index (χ2n) is 3.34. The molecule has 1 aromatic rings. The standard InChI is InChI=1S/C11H13FNO2/c1-3-9-5-4-6-10(8(2)7-12)11(9)13(14)15/h4-6H,3,7H2,1-2H3. The Labute approximate surface area is 88.1 Å². The van der Waals surface area contributed by atoms with Crippen LogP contribution in [0.4, 0.5) is 10.1 Å². The highest BCUT2D eigenvalue weighted by atomic mass is 19.1. The van der Waals surface area contributed by atoms with Crippen LogP contribution in [0.5, 0.6) is 0 Å². The van der Waals surface area contributed by atoms with Gasteiger partial charge in [0.15, 0.2) is 0 Å². The van der Waals surface area contributed by atoms with Gasteiger partial charge in [0.05, 0.1) is 11.6 Å². The Morgan fingerprint density at radius 2 is 2.20 bits per heavy atom. The number of benzene rings is 1. The van der Waals surface area contributed by atoms with Gasteiger partial charge in [-0.15, -0.1) is 0 Å². The van der Waals surface area contributed by atoms with Crippen molar-refractivity contribution < 1.29 is 9.31 Å². The van der Waals surface area contributed by atoms with Crippen molar-refractivity contribution in [3.8, 4) is 0 Å². The van der Waals surface area contributed by atoms with Gasteiger partial charge in [0.2, 0.25) is 0 Å². The molecule has 0 aliphatic carbocycles. The number of nitrogens with zero attached hydrogens (tertiary/aromatic N) is 1. The lowest BCUT2D eigenvalue weighted by molar-refractivity contribution is -0.386. The fraction of sp³-hybridized carbons (Fsp3) is 0.364. The van der Waals surface area contributed by atoms with Crippen LogP contribution in [0.15, 0.2) is 18.2 Å². The SMILES string of the molecule is CCc1cccc([C](C)CF)c1[N+](=O)[O-]. The maximum Gasteiger partial charge on any atom is 0.276 e. The molecule has 0 aliphatic heterocycles. The molecule has 0 amide bonds. The number of aryl methyl sites for hydroxylation is 1. The molecule has 0 aromatic heterocycles. The second kappa shape index (κ2) is 4.87. The summed E-state index contributed by atoms with van der Waals surface area (Å²) in [7, 11) is 0. The van der Waals surface area contributed by atoms with Gasteiger partial charge in [0, 0.05) is 17.0 Å². The summed E-state index contributed by atoms with van der Waals surface area (Å²) in [5.74, 6) is 0.400. The van der Waals surface area contributed by atoms with E-state index in [0.29, 0.717) is 23.5 Å². The summed E-state index contributed by atoms with van der Waals surface area (Å²) < 4.78 is 12.5. The van der Waals surface area contributed by atoms with Crippen LogP contribution in [0.1, 0.15) is 25.0 Å². The van der Waals surface area contributed by atoms with Crippen LogP contribution in [0.2, 0.25) is 0 Å². The third-order valence-corrected chi connectivity index (χ3v) is 2.34. The first-order valence-electron chi connectivity index (χ1n) is 4.76. The van der Waals surface area contributed by atoms with E-state index in [1.54, 1.807) is 25.1 Å². The maximum atomic E-state index is 12.5. The highest BCUT2D eigenvalue weighted by Gasteiger charge is 2.22. The molecule has 0 atom stereocenters. The summed E-state index contributed by atoms with van der Waals surface area (Å²) in [6.45, 7) is 2.76. The molecule has 0 saturated heterocycles. The summed E-state index contributed by atoms with van der Waals surface area (Å²) >= 11 is 0. The molecule has 1 aromatic carbocycles. The zero-order chi connectivity index (χ0) is 11.4. The molecule has 0 heterocycles. The lowest BCUT2D eigenvalue weighted by Gasteiger charge is -2.09. The second-order valence-corrected chi connectivity index (χ2v) is 3.34. The van der Waals surface area contributed by atoms with E-state index in [4.69, 9.17) is 0 Å². The summed E-state index contributed by atoms with van der Waals surface area (Å²) in [6.07, 6.45) is 0.573. The van der Waals surface area contributed by atoms with Gasteiger partial charge in [0.1, 0.15) is 0 Å². The van der Waals surface area contributed by atoms with E-state index < -0.39 is 11.6 Å². The van der Waals surface area contributed by atoms with Gasteiger partial charge in [-0.1, -0.05) is 32.0 Å². The lowest BCUT2D eigenvalue weighted by atomic mass is 9.96. The number of para-hydroxylation sites is 1. The van der Waals surface area contributed by atoms with Crippen molar-refractivity contribution in [3.05, 3.63) is 45.4 Å². The van der Waals surface area contributed by atoms with Crippen molar-refractivity contribution >= 4 is 5.69 Å². The minimum atomic E-state index is -0.659. The highest BCUT2D eigenvalue weighted by molar-refractivity contribution is 5.53. The zero-order valence-electron chi connectivity index (χ0n) is 8.79. The average molecular weight is 210 g/mol. The molecule has 4 heteroatoms. The molecule has 3 nitrogen and oxygen atoms in total. The summed E-state index contributed by atoms with van der Waals surface area (Å²) in [5.41, 5.74) is 1.09. The van der Waals surface area contributed by atoms with E-state index in [1.165, 1.54) is 0 Å². The van der Waals surface area contributed by atoms with Crippen LogP contribution < -0.4 is 0 Å². The van der Waals surface area contributed by atoms with Crippen molar-refractivity contribution in [1.82, 2.24) is 0 Å². The Balaban J connectivity index is 3.31.